The highest BCUT2D eigenvalue weighted by Gasteiger charge is 1.94. The molecule has 0 aliphatic heterocycles. The van der Waals surface area contributed by atoms with Gasteiger partial charge in [-0.25, -0.2) is 0 Å². The van der Waals surface area contributed by atoms with Gasteiger partial charge in [-0.2, -0.15) is 10.2 Å². The van der Waals surface area contributed by atoms with Gasteiger partial charge in [-0.1, -0.05) is 24.3 Å². The first kappa shape index (κ1) is 16.6. The van der Waals surface area contributed by atoms with Crippen LogP contribution >= 0.6 is 0 Å². The Morgan fingerprint density at radius 3 is 2.43 bits per heavy atom. The lowest BCUT2D eigenvalue weighted by Gasteiger charge is -2.05. The molecular weight excluding hydrogens is 284 g/mol. The summed E-state index contributed by atoms with van der Waals surface area (Å²) < 4.78 is 0. The van der Waals surface area contributed by atoms with E-state index in [1.165, 1.54) is 5.57 Å². The van der Waals surface area contributed by atoms with Crippen LogP contribution in [0.25, 0.3) is 0 Å². The minimum Gasteiger partial charge on any atom is -0.356 e. The molecule has 0 aromatic heterocycles. The normalized spacial score (nSPS) is 12.2. The van der Waals surface area contributed by atoms with Gasteiger partial charge in [0.2, 0.25) is 0 Å². The van der Waals surface area contributed by atoms with Gasteiger partial charge in [-0.05, 0) is 55.0 Å². The molecule has 0 aliphatic carbocycles. The van der Waals surface area contributed by atoms with E-state index in [0.29, 0.717) is 6.54 Å². The van der Waals surface area contributed by atoms with Crippen LogP contribution in [0.3, 0.4) is 0 Å². The van der Waals surface area contributed by atoms with E-state index in [2.05, 4.69) is 15.5 Å². The molecule has 0 bridgehead atoms. The van der Waals surface area contributed by atoms with Crippen LogP contribution in [0.15, 0.2) is 88.8 Å². The number of nitrogens with two attached hydrogens (primary N) is 1. The Hall–Kier alpha value is -2.72. The molecule has 23 heavy (non-hydrogen) atoms. The molecule has 0 unspecified atom stereocenters. The number of quaternary nitrogens is 1. The third kappa shape index (κ3) is 6.28. The summed E-state index contributed by atoms with van der Waals surface area (Å²) in [4.78, 5) is 0. The van der Waals surface area contributed by atoms with E-state index < -0.39 is 0 Å². The fourth-order valence-corrected chi connectivity index (χ4v) is 1.91. The lowest BCUT2D eigenvalue weighted by atomic mass is 10.2. The SMILES string of the molecule is C[NH2+]/C=C\C=C(\C)CN=Nc1ccc(Nc2ccccc2)cc1. The molecule has 0 aliphatic rings. The maximum Gasteiger partial charge on any atom is 0.0923 e. The second kappa shape index (κ2) is 9.33. The number of anilines is 2. The number of para-hydroxylation sites is 1. The molecule has 2 aromatic rings. The number of allylic oxidation sites excluding steroid dienone is 2. The van der Waals surface area contributed by atoms with Crippen LogP contribution < -0.4 is 10.6 Å². The molecule has 2 rings (SSSR count). The molecule has 4 nitrogen and oxygen atoms in total. The van der Waals surface area contributed by atoms with Gasteiger partial charge < -0.3 is 10.6 Å². The Balaban J connectivity index is 1.88. The summed E-state index contributed by atoms with van der Waals surface area (Å²) in [6.45, 7) is 2.66. The zero-order valence-corrected chi connectivity index (χ0v) is 13.6. The number of hydrogen-bond donors (Lipinski definition) is 2. The smallest absolute Gasteiger partial charge is 0.0923 e. The molecular formula is C19H23N4+. The van der Waals surface area contributed by atoms with Crippen LogP contribution in [0.5, 0.6) is 0 Å². The van der Waals surface area contributed by atoms with Crippen molar-refractivity contribution in [1.82, 2.24) is 0 Å². The summed E-state index contributed by atoms with van der Waals surface area (Å²) in [6, 6.07) is 18.0. The molecule has 0 heterocycles. The first-order chi connectivity index (χ1) is 11.3. The third-order valence-corrected chi connectivity index (χ3v) is 3.12. The molecule has 0 amide bonds. The van der Waals surface area contributed by atoms with Crippen molar-refractivity contribution in [2.75, 3.05) is 18.9 Å². The van der Waals surface area contributed by atoms with E-state index in [4.69, 9.17) is 0 Å². The maximum absolute atomic E-state index is 4.25. The zero-order valence-electron chi connectivity index (χ0n) is 13.6. The molecule has 0 saturated carbocycles. The minimum absolute atomic E-state index is 0.609. The lowest BCUT2D eigenvalue weighted by Crippen LogP contribution is -2.72. The van der Waals surface area contributed by atoms with E-state index in [9.17, 15) is 0 Å². The van der Waals surface area contributed by atoms with Crippen LogP contribution in [-0.4, -0.2) is 13.6 Å². The van der Waals surface area contributed by atoms with Gasteiger partial charge in [0.15, 0.2) is 0 Å². The van der Waals surface area contributed by atoms with Crippen molar-refractivity contribution >= 4 is 17.1 Å². The molecule has 0 atom stereocenters. The summed E-state index contributed by atoms with van der Waals surface area (Å²) in [5.74, 6) is 0. The highest BCUT2D eigenvalue weighted by molar-refractivity contribution is 5.61. The van der Waals surface area contributed by atoms with Gasteiger partial charge in [0.25, 0.3) is 0 Å². The van der Waals surface area contributed by atoms with Crippen molar-refractivity contribution in [2.45, 2.75) is 6.92 Å². The van der Waals surface area contributed by atoms with Crippen LogP contribution in [0, 0.1) is 0 Å². The van der Waals surface area contributed by atoms with E-state index in [1.54, 1.807) is 0 Å². The van der Waals surface area contributed by atoms with E-state index in [0.717, 1.165) is 17.1 Å². The number of nitrogens with one attached hydrogen (secondary N) is 1. The van der Waals surface area contributed by atoms with Gasteiger partial charge in [0.05, 0.1) is 25.5 Å². The lowest BCUT2D eigenvalue weighted by molar-refractivity contribution is -0.556. The molecule has 0 spiro atoms. The number of nitrogens with zero attached hydrogens (tertiary/aromatic N) is 2. The summed E-state index contributed by atoms with van der Waals surface area (Å²) in [7, 11) is 2.00. The van der Waals surface area contributed by atoms with Crippen molar-refractivity contribution in [1.29, 1.82) is 0 Å². The Morgan fingerprint density at radius 2 is 1.74 bits per heavy atom. The van der Waals surface area contributed by atoms with Crippen LogP contribution in [0.2, 0.25) is 0 Å². The first-order valence-corrected chi connectivity index (χ1v) is 7.69. The Kier molecular flexibility index (Phi) is 6.75. The maximum atomic E-state index is 4.25. The van der Waals surface area contributed by atoms with Crippen molar-refractivity contribution in [3.8, 4) is 0 Å². The topological polar surface area (TPSA) is 53.4 Å². The molecule has 118 valence electrons. The van der Waals surface area contributed by atoms with Gasteiger partial charge in [0.1, 0.15) is 0 Å². The molecule has 3 N–H and O–H groups in total. The monoisotopic (exact) mass is 307 g/mol. The fourth-order valence-electron chi connectivity index (χ4n) is 1.91. The number of benzene rings is 2. The fraction of sp³-hybridized carbons (Fsp3) is 0.158. The second-order valence-corrected chi connectivity index (χ2v) is 5.17. The van der Waals surface area contributed by atoms with E-state index >= 15 is 0 Å². The zero-order chi connectivity index (χ0) is 16.3. The summed E-state index contributed by atoms with van der Waals surface area (Å²) in [6.07, 6.45) is 6.06. The minimum atomic E-state index is 0.609. The van der Waals surface area contributed by atoms with Crippen molar-refractivity contribution in [3.05, 3.63) is 78.5 Å². The number of azo groups is 1. The summed E-state index contributed by atoms with van der Waals surface area (Å²) in [5.41, 5.74) is 4.13. The average Bonchev–Trinajstić information content (AvgIpc) is 2.58. The van der Waals surface area contributed by atoms with Crippen molar-refractivity contribution < 1.29 is 5.32 Å². The van der Waals surface area contributed by atoms with Crippen LogP contribution in [0.1, 0.15) is 6.92 Å². The Morgan fingerprint density at radius 1 is 1.04 bits per heavy atom. The van der Waals surface area contributed by atoms with Gasteiger partial charge in [0, 0.05) is 11.4 Å². The summed E-state index contributed by atoms with van der Waals surface area (Å²) in [5, 5.41) is 13.8. The standard InChI is InChI=1S/C19H22N4/c1-16(7-6-14-20-2)15-21-23-19-12-10-18(11-13-19)22-17-8-4-3-5-9-17/h3-14,20,22H,15H2,1-2H3/p+1/b14-6-,16-7-,23-21?. The average molecular weight is 307 g/mol. The van der Waals surface area contributed by atoms with Gasteiger partial charge in [-0.3, -0.25) is 0 Å². The largest absolute Gasteiger partial charge is 0.356 e. The van der Waals surface area contributed by atoms with E-state index in [-0.39, 0.29) is 0 Å². The predicted octanol–water partition coefficient (Wildman–Crippen LogP) is 4.17. The second-order valence-electron chi connectivity index (χ2n) is 5.17. The highest BCUT2D eigenvalue weighted by Crippen LogP contribution is 2.20. The third-order valence-electron chi connectivity index (χ3n) is 3.12. The van der Waals surface area contributed by atoms with E-state index in [1.807, 2.05) is 92.2 Å². The van der Waals surface area contributed by atoms with Gasteiger partial charge >= 0.3 is 0 Å². The van der Waals surface area contributed by atoms with Crippen molar-refractivity contribution in [2.24, 2.45) is 10.2 Å². The number of hydrogen-bond acceptors (Lipinski definition) is 3. The first-order valence-electron chi connectivity index (χ1n) is 7.69. The quantitative estimate of drug-likeness (QED) is 0.585. The molecule has 0 saturated heterocycles. The molecule has 0 radical (unpaired) electrons. The Bertz CT molecular complexity index is 670. The molecule has 0 fully saturated rings. The van der Waals surface area contributed by atoms with Crippen LogP contribution in [0.4, 0.5) is 17.1 Å². The van der Waals surface area contributed by atoms with Crippen molar-refractivity contribution in [3.63, 3.8) is 0 Å². The Labute approximate surface area is 137 Å². The number of rotatable bonds is 7. The summed E-state index contributed by atoms with van der Waals surface area (Å²) >= 11 is 0. The highest BCUT2D eigenvalue weighted by atomic mass is 15.1. The van der Waals surface area contributed by atoms with Gasteiger partial charge in [-0.15, -0.1) is 0 Å². The van der Waals surface area contributed by atoms with Crippen LogP contribution in [-0.2, 0) is 0 Å². The predicted molar refractivity (Wildman–Crippen MR) is 96.3 cm³/mol. The molecule has 4 heteroatoms. The molecule has 2 aromatic carbocycles.